The van der Waals surface area contributed by atoms with Gasteiger partial charge in [0, 0.05) is 33.8 Å². The van der Waals surface area contributed by atoms with Crippen molar-refractivity contribution < 1.29 is 0 Å². The molecule has 0 unspecified atom stereocenters. The van der Waals surface area contributed by atoms with E-state index in [1.165, 1.54) is 27.5 Å². The van der Waals surface area contributed by atoms with Crippen LogP contribution in [0.5, 0.6) is 0 Å². The van der Waals surface area contributed by atoms with Crippen LogP contribution >= 0.6 is 0 Å². The van der Waals surface area contributed by atoms with Crippen LogP contribution in [0.25, 0.3) is 88.6 Å². The zero-order valence-corrected chi connectivity index (χ0v) is 22.6. The minimum atomic E-state index is 0.831. The second-order valence-corrected chi connectivity index (χ2v) is 10.8. The van der Waals surface area contributed by atoms with Crippen LogP contribution in [0.4, 0.5) is 0 Å². The summed E-state index contributed by atoms with van der Waals surface area (Å²) in [4.78, 5) is 15.8. The van der Waals surface area contributed by atoms with Crippen LogP contribution in [0.3, 0.4) is 0 Å². The number of pyridine rings is 1. The topological polar surface area (TPSA) is 38.7 Å². The summed E-state index contributed by atoms with van der Waals surface area (Å²) in [5, 5.41) is 4.71. The number of benzene rings is 6. The fourth-order valence-corrected chi connectivity index (χ4v) is 6.52. The third kappa shape index (κ3) is 3.37. The average molecular weight is 534 g/mol. The maximum absolute atomic E-state index is 5.35. The molecule has 0 N–H and O–H groups in total. The standard InChI is InChI=1S/C39H23N3/c1-2-11-26(12-3-1)36-37(42-39-28-15-5-4-10-24(28)20-21-34(39)41-36)27-22-33-30-17-7-6-16-29(30)31-18-8-13-25-14-9-19-32(35(25)31)38(33)40-23-27/h1-23H. The van der Waals surface area contributed by atoms with Crippen molar-refractivity contribution in [3.8, 4) is 56.0 Å². The summed E-state index contributed by atoms with van der Waals surface area (Å²) < 4.78 is 0. The summed E-state index contributed by atoms with van der Waals surface area (Å²) in [5.74, 6) is 0. The molecule has 0 aliphatic heterocycles. The van der Waals surface area contributed by atoms with E-state index in [-0.39, 0.29) is 0 Å². The van der Waals surface area contributed by atoms with Gasteiger partial charge in [0.2, 0.25) is 0 Å². The van der Waals surface area contributed by atoms with Gasteiger partial charge in [0.05, 0.1) is 28.1 Å². The van der Waals surface area contributed by atoms with Gasteiger partial charge in [0.1, 0.15) is 0 Å². The normalized spacial score (nSPS) is 11.8. The molecule has 194 valence electrons. The molecule has 8 aromatic rings. The predicted octanol–water partition coefficient (Wildman–Crippen LogP) is 9.98. The Morgan fingerprint density at radius 1 is 0.405 bits per heavy atom. The number of hydrogen-bond acceptors (Lipinski definition) is 3. The highest BCUT2D eigenvalue weighted by Gasteiger charge is 2.24. The van der Waals surface area contributed by atoms with Gasteiger partial charge < -0.3 is 0 Å². The fourth-order valence-electron chi connectivity index (χ4n) is 6.52. The summed E-state index contributed by atoms with van der Waals surface area (Å²) in [6, 6.07) is 46.9. The van der Waals surface area contributed by atoms with Gasteiger partial charge in [0.25, 0.3) is 0 Å². The molecular formula is C39H23N3. The van der Waals surface area contributed by atoms with Gasteiger partial charge in [-0.3, -0.25) is 4.98 Å². The van der Waals surface area contributed by atoms with Crippen LogP contribution in [0, 0.1) is 0 Å². The maximum Gasteiger partial charge on any atom is 0.0989 e. The summed E-state index contributed by atoms with van der Waals surface area (Å²) in [5.41, 5.74) is 12.3. The van der Waals surface area contributed by atoms with Crippen molar-refractivity contribution in [1.29, 1.82) is 0 Å². The number of hydrogen-bond donors (Lipinski definition) is 0. The smallest absolute Gasteiger partial charge is 0.0989 e. The molecule has 0 saturated carbocycles. The van der Waals surface area contributed by atoms with Crippen molar-refractivity contribution in [2.45, 2.75) is 0 Å². The molecule has 0 spiro atoms. The van der Waals surface area contributed by atoms with Gasteiger partial charge in [-0.05, 0) is 45.0 Å². The van der Waals surface area contributed by atoms with E-state index >= 15 is 0 Å². The van der Waals surface area contributed by atoms with E-state index in [0.29, 0.717) is 0 Å². The first kappa shape index (κ1) is 23.1. The lowest BCUT2D eigenvalue weighted by molar-refractivity contribution is 1.27. The van der Waals surface area contributed by atoms with E-state index in [4.69, 9.17) is 15.0 Å². The number of rotatable bonds is 2. The van der Waals surface area contributed by atoms with Crippen LogP contribution in [0.2, 0.25) is 0 Å². The first-order chi connectivity index (χ1) is 20.8. The molecule has 0 bridgehead atoms. The number of aromatic nitrogens is 3. The van der Waals surface area contributed by atoms with E-state index in [1.54, 1.807) is 0 Å². The van der Waals surface area contributed by atoms with Crippen LogP contribution in [0.15, 0.2) is 140 Å². The molecule has 1 aliphatic carbocycles. The van der Waals surface area contributed by atoms with Crippen LogP contribution in [0.1, 0.15) is 0 Å². The third-order valence-electron chi connectivity index (χ3n) is 8.44. The molecule has 3 heteroatoms. The molecule has 0 saturated heterocycles. The van der Waals surface area contributed by atoms with Gasteiger partial charge in [-0.2, -0.15) is 0 Å². The Morgan fingerprint density at radius 3 is 1.93 bits per heavy atom. The Labute approximate surface area is 242 Å². The highest BCUT2D eigenvalue weighted by atomic mass is 14.8. The molecule has 3 nitrogen and oxygen atoms in total. The lowest BCUT2D eigenvalue weighted by Crippen LogP contribution is -1.98. The largest absolute Gasteiger partial charge is 0.255 e. The molecule has 9 rings (SSSR count). The quantitative estimate of drug-likeness (QED) is 0.208. The van der Waals surface area contributed by atoms with Crippen molar-refractivity contribution >= 4 is 32.6 Å². The van der Waals surface area contributed by atoms with E-state index in [9.17, 15) is 0 Å². The lowest BCUT2D eigenvalue weighted by atomic mass is 9.93. The first-order valence-electron chi connectivity index (χ1n) is 14.2. The number of nitrogens with zero attached hydrogens (tertiary/aromatic N) is 3. The van der Waals surface area contributed by atoms with Crippen LogP contribution in [-0.2, 0) is 0 Å². The average Bonchev–Trinajstić information content (AvgIpc) is 3.18. The zero-order valence-electron chi connectivity index (χ0n) is 22.6. The molecule has 42 heavy (non-hydrogen) atoms. The minimum Gasteiger partial charge on any atom is -0.255 e. The molecule has 0 atom stereocenters. The van der Waals surface area contributed by atoms with Crippen LogP contribution < -0.4 is 0 Å². The summed E-state index contributed by atoms with van der Waals surface area (Å²) in [7, 11) is 0. The van der Waals surface area contributed by atoms with Crippen LogP contribution in [-0.4, -0.2) is 15.0 Å². The van der Waals surface area contributed by atoms with Gasteiger partial charge in [-0.25, -0.2) is 9.97 Å². The molecule has 2 aromatic heterocycles. The fraction of sp³-hybridized carbons (Fsp3) is 0. The molecule has 0 fully saturated rings. The highest BCUT2D eigenvalue weighted by Crippen LogP contribution is 2.47. The maximum atomic E-state index is 5.35. The second kappa shape index (κ2) is 8.92. The van der Waals surface area contributed by atoms with Gasteiger partial charge >= 0.3 is 0 Å². The Hall–Kier alpha value is -5.67. The summed E-state index contributed by atoms with van der Waals surface area (Å²) in [6.45, 7) is 0. The number of fused-ring (bicyclic) bond motifs is 8. The van der Waals surface area contributed by atoms with Crippen molar-refractivity contribution in [3.05, 3.63) is 140 Å². The van der Waals surface area contributed by atoms with E-state index < -0.39 is 0 Å². The summed E-state index contributed by atoms with van der Waals surface area (Å²) in [6.07, 6.45) is 1.97. The van der Waals surface area contributed by atoms with E-state index in [0.717, 1.165) is 61.1 Å². The Morgan fingerprint density at radius 2 is 1.07 bits per heavy atom. The molecule has 0 radical (unpaired) electrons. The van der Waals surface area contributed by atoms with Crippen molar-refractivity contribution in [2.75, 3.05) is 0 Å². The Kier molecular flexibility index (Phi) is 4.90. The Bertz CT molecular complexity index is 2350. The van der Waals surface area contributed by atoms with Gasteiger partial charge in [0.15, 0.2) is 0 Å². The Balaban J connectivity index is 1.37. The molecule has 6 aromatic carbocycles. The van der Waals surface area contributed by atoms with Crippen molar-refractivity contribution in [2.24, 2.45) is 0 Å². The van der Waals surface area contributed by atoms with Crippen molar-refractivity contribution in [1.82, 2.24) is 15.0 Å². The minimum absolute atomic E-state index is 0.831. The monoisotopic (exact) mass is 533 g/mol. The molecular weight excluding hydrogens is 510 g/mol. The third-order valence-corrected chi connectivity index (χ3v) is 8.44. The highest BCUT2D eigenvalue weighted by molar-refractivity contribution is 6.13. The lowest BCUT2D eigenvalue weighted by Gasteiger charge is -2.15. The SMILES string of the molecule is c1ccc(-c2nc3ccc4ccccc4c3nc2-c2cnc3c(c2)-c2ccccc2-c2cccc4cccc-3c24)cc1. The second-order valence-electron chi connectivity index (χ2n) is 10.8. The summed E-state index contributed by atoms with van der Waals surface area (Å²) >= 11 is 0. The molecule has 0 amide bonds. The van der Waals surface area contributed by atoms with Gasteiger partial charge in [-0.1, -0.05) is 121 Å². The van der Waals surface area contributed by atoms with Crippen molar-refractivity contribution in [3.63, 3.8) is 0 Å². The first-order valence-corrected chi connectivity index (χ1v) is 14.2. The zero-order chi connectivity index (χ0) is 27.6. The molecule has 1 aliphatic rings. The van der Waals surface area contributed by atoms with E-state index in [1.807, 2.05) is 12.3 Å². The van der Waals surface area contributed by atoms with Gasteiger partial charge in [-0.15, -0.1) is 0 Å². The van der Waals surface area contributed by atoms with E-state index in [2.05, 4.69) is 127 Å². The predicted molar refractivity (Wildman–Crippen MR) is 173 cm³/mol. The molecule has 2 heterocycles.